The Balaban J connectivity index is 1.03. The van der Waals surface area contributed by atoms with Gasteiger partial charge in [-0.25, -0.2) is 24.5 Å². The predicted molar refractivity (Wildman–Crippen MR) is 199 cm³/mol. The normalized spacial score (nSPS) is 26.4. The second-order valence-electron chi connectivity index (χ2n) is 16.2. The van der Waals surface area contributed by atoms with Crippen molar-refractivity contribution in [3.63, 3.8) is 0 Å². The molecule has 1 aromatic carbocycles. The average Bonchev–Trinajstić information content (AvgIpc) is 3.58. The van der Waals surface area contributed by atoms with Crippen LogP contribution in [0, 0.1) is 23.7 Å². The number of nitrogens with zero attached hydrogens (tertiary/aromatic N) is 5. The van der Waals surface area contributed by atoms with E-state index in [2.05, 4.69) is 25.2 Å². The SMILES string of the molecule is O=C(NC1(C(=O)O)C2CC3CC(C2)CC1C3)c1ccc(-c2cn(C(=O)OC3CCOCC3)c3cc(OC4CCN(c5ncccn5)CC4)ccc23)nc1C(F)(F)F. The number of anilines is 1. The van der Waals surface area contributed by atoms with Crippen molar-refractivity contribution in [3.05, 3.63) is 66.2 Å². The van der Waals surface area contributed by atoms with E-state index < -0.39 is 47.0 Å². The first kappa shape index (κ1) is 37.3. The first-order valence-corrected chi connectivity index (χ1v) is 19.7. The lowest BCUT2D eigenvalue weighted by Gasteiger charge is -2.59. The van der Waals surface area contributed by atoms with E-state index in [1.807, 2.05) is 0 Å². The van der Waals surface area contributed by atoms with Crippen LogP contribution < -0.4 is 15.0 Å². The maximum atomic E-state index is 14.9. The summed E-state index contributed by atoms with van der Waals surface area (Å²) in [6, 6.07) is 9.14. The highest BCUT2D eigenvalue weighted by atomic mass is 19.4. The fourth-order valence-corrected chi connectivity index (χ4v) is 10.2. The van der Waals surface area contributed by atoms with Gasteiger partial charge >= 0.3 is 18.2 Å². The largest absolute Gasteiger partial charge is 0.490 e. The third kappa shape index (κ3) is 6.95. The van der Waals surface area contributed by atoms with Crippen LogP contribution in [0.25, 0.3) is 22.2 Å². The van der Waals surface area contributed by atoms with Crippen molar-refractivity contribution in [2.75, 3.05) is 31.2 Å². The third-order valence-electron chi connectivity index (χ3n) is 12.8. The van der Waals surface area contributed by atoms with Crippen LogP contribution in [0.5, 0.6) is 5.75 Å². The zero-order valence-electron chi connectivity index (χ0n) is 31.1. The standard InChI is InChI=1S/C41H43F3N6O7/c42-41(43,44)35-31(36(51)48-40(37(52)53)25-17-23-16-24(19-25)20-26(40)18-23)4-5-33(47-35)32-22-50(39(54)57-28-8-14-55-15-9-28)34-21-29(2-3-30(32)34)56-27-6-12-49(13-7-27)38-45-10-1-11-46-38/h1-5,10-11,21-28H,6-9,12-20H2,(H,48,51)(H,52,53). The number of aromatic nitrogens is 4. The van der Waals surface area contributed by atoms with Gasteiger partial charge in [0.1, 0.15) is 23.5 Å². The topological polar surface area (TPSA) is 158 Å². The number of piperidine rings is 1. The highest BCUT2D eigenvalue weighted by Crippen LogP contribution is 2.58. The van der Waals surface area contributed by atoms with Gasteiger partial charge in [-0.05, 0) is 86.1 Å². The number of halogens is 3. The Morgan fingerprint density at radius 3 is 2.23 bits per heavy atom. The number of hydrogen-bond acceptors (Lipinski definition) is 10. The lowest BCUT2D eigenvalue weighted by molar-refractivity contribution is -0.163. The zero-order valence-corrected chi connectivity index (χ0v) is 31.1. The molecule has 10 rings (SSSR count). The summed E-state index contributed by atoms with van der Waals surface area (Å²) in [5, 5.41) is 13.6. The van der Waals surface area contributed by atoms with Crippen LogP contribution in [0.3, 0.4) is 0 Å². The number of nitrogens with one attached hydrogen (secondary N) is 1. The van der Waals surface area contributed by atoms with E-state index in [0.29, 0.717) is 112 Å². The van der Waals surface area contributed by atoms with Crippen molar-refractivity contribution < 1.29 is 46.9 Å². The van der Waals surface area contributed by atoms with Gasteiger partial charge in [0.25, 0.3) is 5.91 Å². The molecule has 0 unspecified atom stereocenters. The molecule has 4 aromatic rings. The smallest absolute Gasteiger partial charge is 0.434 e. The van der Waals surface area contributed by atoms with Gasteiger partial charge in [-0.3, -0.25) is 9.36 Å². The first-order valence-electron chi connectivity index (χ1n) is 19.7. The van der Waals surface area contributed by atoms with Crippen molar-refractivity contribution in [2.45, 2.75) is 81.7 Å². The maximum Gasteiger partial charge on any atom is 0.434 e. The highest BCUT2D eigenvalue weighted by Gasteiger charge is 2.62. The number of carbonyl (C=O) groups excluding carboxylic acids is 2. The molecule has 0 spiro atoms. The summed E-state index contributed by atoms with van der Waals surface area (Å²) < 4.78 is 63.4. The lowest BCUT2D eigenvalue weighted by atomic mass is 9.48. The zero-order chi connectivity index (χ0) is 39.5. The quantitative estimate of drug-likeness (QED) is 0.195. The molecule has 300 valence electrons. The van der Waals surface area contributed by atoms with Crippen molar-refractivity contribution in [3.8, 4) is 17.0 Å². The maximum absolute atomic E-state index is 14.9. The summed E-state index contributed by atoms with van der Waals surface area (Å²) in [6.07, 6.45) is 4.38. The Labute approximate surface area is 325 Å². The van der Waals surface area contributed by atoms with Crippen molar-refractivity contribution in [2.24, 2.45) is 23.7 Å². The van der Waals surface area contributed by atoms with Gasteiger partial charge in [0.2, 0.25) is 5.95 Å². The van der Waals surface area contributed by atoms with Gasteiger partial charge < -0.3 is 29.5 Å². The van der Waals surface area contributed by atoms with Gasteiger partial charge in [-0.1, -0.05) is 0 Å². The van der Waals surface area contributed by atoms with Crippen LogP contribution in [0.2, 0.25) is 0 Å². The van der Waals surface area contributed by atoms with Crippen LogP contribution in [0.1, 0.15) is 73.8 Å². The molecule has 16 heteroatoms. The Morgan fingerprint density at radius 1 is 0.895 bits per heavy atom. The van der Waals surface area contributed by atoms with Crippen LogP contribution in [0.4, 0.5) is 23.9 Å². The fourth-order valence-electron chi connectivity index (χ4n) is 10.2. The molecule has 0 radical (unpaired) electrons. The van der Waals surface area contributed by atoms with Crippen LogP contribution in [-0.2, 0) is 20.4 Å². The predicted octanol–water partition coefficient (Wildman–Crippen LogP) is 6.73. The number of aliphatic carboxylic acids is 1. The second kappa shape index (κ2) is 14.6. The van der Waals surface area contributed by atoms with Crippen LogP contribution in [-0.4, -0.2) is 86.6 Å². The van der Waals surface area contributed by atoms with Gasteiger partial charge in [0.05, 0.1) is 30.0 Å². The fraction of sp³-hybridized carbons (Fsp3) is 0.512. The summed E-state index contributed by atoms with van der Waals surface area (Å²) in [6.45, 7) is 2.22. The minimum Gasteiger partial charge on any atom is -0.490 e. The summed E-state index contributed by atoms with van der Waals surface area (Å²) in [4.78, 5) is 55.2. The van der Waals surface area contributed by atoms with E-state index in [4.69, 9.17) is 14.2 Å². The number of carboxylic acid groups (broad SMARTS) is 1. The summed E-state index contributed by atoms with van der Waals surface area (Å²) in [5.74, 6) is -1.18. The van der Waals surface area contributed by atoms with Gasteiger partial charge in [0.15, 0.2) is 5.69 Å². The molecule has 13 nitrogen and oxygen atoms in total. The van der Waals surface area contributed by atoms with Gasteiger partial charge in [0, 0.05) is 74.4 Å². The Bertz CT molecular complexity index is 2150. The molecular weight excluding hydrogens is 745 g/mol. The molecule has 0 atom stereocenters. The first-order chi connectivity index (χ1) is 27.5. The number of pyridine rings is 1. The summed E-state index contributed by atoms with van der Waals surface area (Å²) in [7, 11) is 0. The number of benzene rings is 1. The Morgan fingerprint density at radius 2 is 1.58 bits per heavy atom. The van der Waals surface area contributed by atoms with Crippen molar-refractivity contribution >= 4 is 34.8 Å². The van der Waals surface area contributed by atoms with Crippen LogP contribution in [0.15, 0.2) is 55.0 Å². The van der Waals surface area contributed by atoms with E-state index in [0.717, 1.165) is 12.5 Å². The second-order valence-corrected chi connectivity index (χ2v) is 16.2. The van der Waals surface area contributed by atoms with Crippen LogP contribution >= 0.6 is 0 Å². The number of ether oxygens (including phenoxy) is 3. The monoisotopic (exact) mass is 788 g/mol. The molecule has 2 N–H and O–H groups in total. The Kier molecular flexibility index (Phi) is 9.56. The average molecular weight is 789 g/mol. The molecule has 4 saturated carbocycles. The molecule has 2 saturated heterocycles. The molecule has 6 aliphatic rings. The number of hydrogen-bond donors (Lipinski definition) is 2. The molecule has 57 heavy (non-hydrogen) atoms. The number of fused-ring (bicyclic) bond motifs is 1. The molecule has 2 aliphatic heterocycles. The third-order valence-corrected chi connectivity index (χ3v) is 12.8. The number of rotatable bonds is 8. The van der Waals surface area contributed by atoms with E-state index in [1.165, 1.54) is 16.8 Å². The molecule has 6 fully saturated rings. The van der Waals surface area contributed by atoms with Gasteiger partial charge in [-0.2, -0.15) is 13.2 Å². The number of carbonyl (C=O) groups is 3. The minimum atomic E-state index is -5.06. The molecule has 5 heterocycles. The minimum absolute atomic E-state index is 0.131. The lowest BCUT2D eigenvalue weighted by Crippen LogP contribution is -2.70. The summed E-state index contributed by atoms with van der Waals surface area (Å²) in [5.41, 5.74) is -3.43. The number of amides is 1. The number of alkyl halides is 3. The van der Waals surface area contributed by atoms with Crippen molar-refractivity contribution in [1.82, 2.24) is 24.8 Å². The van der Waals surface area contributed by atoms with E-state index in [9.17, 15) is 32.7 Å². The van der Waals surface area contributed by atoms with Gasteiger partial charge in [-0.15, -0.1) is 0 Å². The van der Waals surface area contributed by atoms with E-state index >= 15 is 0 Å². The molecule has 4 aliphatic carbocycles. The molecule has 4 bridgehead atoms. The Hall–Kier alpha value is -5.25. The van der Waals surface area contributed by atoms with E-state index in [1.54, 1.807) is 36.7 Å². The summed E-state index contributed by atoms with van der Waals surface area (Å²) >= 11 is 0. The molecule has 1 amide bonds. The number of carboxylic acids is 1. The molecular formula is C41H43F3N6O7. The van der Waals surface area contributed by atoms with E-state index in [-0.39, 0.29) is 29.2 Å². The molecule has 3 aromatic heterocycles. The van der Waals surface area contributed by atoms with Crippen molar-refractivity contribution in [1.29, 1.82) is 0 Å². The highest BCUT2D eigenvalue weighted by molar-refractivity contribution is 6.02.